The van der Waals surface area contributed by atoms with Crippen molar-refractivity contribution < 1.29 is 10.2 Å². The van der Waals surface area contributed by atoms with Crippen molar-refractivity contribution in [3.05, 3.63) is 59.2 Å². The highest BCUT2D eigenvalue weighted by atomic mass is 16.3. The van der Waals surface area contributed by atoms with Crippen LogP contribution >= 0.6 is 0 Å². The largest absolute Gasteiger partial charge is 0.507 e. The van der Waals surface area contributed by atoms with Gasteiger partial charge in [0, 0.05) is 10.9 Å². The lowest BCUT2D eigenvalue weighted by atomic mass is 9.90. The topological polar surface area (TPSA) is 40.5 Å². The van der Waals surface area contributed by atoms with Crippen LogP contribution in [0.1, 0.15) is 16.7 Å². The Kier molecular flexibility index (Phi) is 3.09. The van der Waals surface area contributed by atoms with Gasteiger partial charge in [-0.2, -0.15) is 0 Å². The Hall–Kier alpha value is -2.48. The minimum absolute atomic E-state index is 0.260. The van der Waals surface area contributed by atoms with E-state index in [1.807, 2.05) is 44.2 Å². The second kappa shape index (κ2) is 4.81. The average Bonchev–Trinajstić information content (AvgIpc) is 2.47. The highest BCUT2D eigenvalue weighted by Gasteiger charge is 2.15. The van der Waals surface area contributed by atoms with Crippen LogP contribution in [-0.4, -0.2) is 10.2 Å². The third-order valence-corrected chi connectivity index (χ3v) is 4.31. The van der Waals surface area contributed by atoms with Gasteiger partial charge in [0.25, 0.3) is 0 Å². The van der Waals surface area contributed by atoms with Crippen molar-refractivity contribution in [3.63, 3.8) is 0 Å². The molecule has 0 aliphatic carbocycles. The van der Waals surface area contributed by atoms with Crippen molar-refractivity contribution in [1.82, 2.24) is 0 Å². The van der Waals surface area contributed by atoms with Crippen molar-refractivity contribution >= 4 is 10.8 Å². The number of phenolic OH excluding ortho intramolecular Hbond substituents is 2. The first-order valence-corrected chi connectivity index (χ1v) is 7.01. The molecule has 0 heterocycles. The summed E-state index contributed by atoms with van der Waals surface area (Å²) in [7, 11) is 0. The molecule has 0 saturated carbocycles. The molecule has 0 saturated heterocycles. The van der Waals surface area contributed by atoms with Crippen LogP contribution in [0.25, 0.3) is 21.9 Å². The number of hydrogen-bond acceptors (Lipinski definition) is 2. The van der Waals surface area contributed by atoms with Crippen molar-refractivity contribution in [2.45, 2.75) is 20.8 Å². The number of fused-ring (bicyclic) bond motifs is 1. The quantitative estimate of drug-likeness (QED) is 0.668. The number of phenols is 2. The molecule has 2 N–H and O–H groups in total. The zero-order valence-electron chi connectivity index (χ0n) is 12.4. The first-order chi connectivity index (χ1) is 10.0. The molecule has 0 aliphatic heterocycles. The molecule has 0 fully saturated rings. The van der Waals surface area contributed by atoms with Gasteiger partial charge in [-0.05, 0) is 66.6 Å². The van der Waals surface area contributed by atoms with Gasteiger partial charge in [-0.3, -0.25) is 0 Å². The van der Waals surface area contributed by atoms with E-state index < -0.39 is 0 Å². The maximum atomic E-state index is 10.4. The molecule has 0 aromatic heterocycles. The summed E-state index contributed by atoms with van der Waals surface area (Å²) in [6.45, 7) is 6.09. The Morgan fingerprint density at radius 1 is 0.714 bits per heavy atom. The van der Waals surface area contributed by atoms with Crippen LogP contribution in [0.15, 0.2) is 42.5 Å². The van der Waals surface area contributed by atoms with Crippen LogP contribution in [0, 0.1) is 20.8 Å². The minimum Gasteiger partial charge on any atom is -0.507 e. The number of rotatable bonds is 1. The van der Waals surface area contributed by atoms with Crippen molar-refractivity contribution in [1.29, 1.82) is 0 Å². The molecule has 0 spiro atoms. The van der Waals surface area contributed by atoms with Gasteiger partial charge in [0.1, 0.15) is 11.5 Å². The van der Waals surface area contributed by atoms with E-state index in [1.165, 1.54) is 5.56 Å². The normalized spacial score (nSPS) is 11.0. The molecule has 21 heavy (non-hydrogen) atoms. The second-order valence-corrected chi connectivity index (χ2v) is 5.52. The monoisotopic (exact) mass is 278 g/mol. The molecule has 0 radical (unpaired) electrons. The van der Waals surface area contributed by atoms with Crippen LogP contribution in [0.2, 0.25) is 0 Å². The summed E-state index contributed by atoms with van der Waals surface area (Å²) >= 11 is 0. The fourth-order valence-corrected chi connectivity index (χ4v) is 2.90. The lowest BCUT2D eigenvalue weighted by Crippen LogP contribution is -1.93. The van der Waals surface area contributed by atoms with Gasteiger partial charge >= 0.3 is 0 Å². The highest BCUT2D eigenvalue weighted by molar-refractivity contribution is 6.01. The molecule has 0 amide bonds. The van der Waals surface area contributed by atoms with Crippen LogP contribution in [-0.2, 0) is 0 Å². The molecule has 0 atom stereocenters. The third kappa shape index (κ3) is 2.04. The Labute approximate surface area is 124 Å². The van der Waals surface area contributed by atoms with Gasteiger partial charge in [0.05, 0.1) is 0 Å². The highest BCUT2D eigenvalue weighted by Crippen LogP contribution is 2.41. The summed E-state index contributed by atoms with van der Waals surface area (Å²) in [5.74, 6) is 0.543. The summed E-state index contributed by atoms with van der Waals surface area (Å²) in [4.78, 5) is 0. The standard InChI is InChI=1S/C19H18O2/c1-11-10-18(21)19(13(3)12(11)2)16-8-9-17(20)15-7-5-4-6-14(15)16/h4-10,20-21H,1-3H3. The summed E-state index contributed by atoms with van der Waals surface area (Å²) < 4.78 is 0. The van der Waals surface area contributed by atoms with E-state index in [4.69, 9.17) is 0 Å². The smallest absolute Gasteiger partial charge is 0.123 e. The molecule has 0 bridgehead atoms. The van der Waals surface area contributed by atoms with E-state index in [1.54, 1.807) is 12.1 Å². The van der Waals surface area contributed by atoms with E-state index in [0.29, 0.717) is 0 Å². The van der Waals surface area contributed by atoms with Gasteiger partial charge in [-0.15, -0.1) is 0 Å². The predicted octanol–water partition coefficient (Wildman–Crippen LogP) is 4.84. The molecule has 0 unspecified atom stereocenters. The number of aromatic hydroxyl groups is 2. The zero-order valence-corrected chi connectivity index (χ0v) is 12.4. The summed E-state index contributed by atoms with van der Waals surface area (Å²) in [6, 6.07) is 13.1. The van der Waals surface area contributed by atoms with E-state index in [0.717, 1.165) is 33.0 Å². The van der Waals surface area contributed by atoms with Crippen molar-refractivity contribution in [2.75, 3.05) is 0 Å². The molecule has 2 nitrogen and oxygen atoms in total. The SMILES string of the molecule is Cc1cc(O)c(-c2ccc(O)c3ccccc23)c(C)c1C. The van der Waals surface area contributed by atoms with E-state index in [-0.39, 0.29) is 11.5 Å². The fraction of sp³-hybridized carbons (Fsp3) is 0.158. The third-order valence-electron chi connectivity index (χ3n) is 4.31. The Morgan fingerprint density at radius 3 is 2.10 bits per heavy atom. The Morgan fingerprint density at radius 2 is 1.38 bits per heavy atom. The van der Waals surface area contributed by atoms with Crippen LogP contribution in [0.5, 0.6) is 11.5 Å². The second-order valence-electron chi connectivity index (χ2n) is 5.52. The van der Waals surface area contributed by atoms with Gasteiger partial charge in [0.2, 0.25) is 0 Å². The Balaban J connectivity index is 2.42. The van der Waals surface area contributed by atoms with Gasteiger partial charge in [-0.25, -0.2) is 0 Å². The molecule has 3 aromatic carbocycles. The number of aryl methyl sites for hydroxylation is 1. The molecule has 2 heteroatoms. The van der Waals surface area contributed by atoms with E-state index in [2.05, 4.69) is 6.92 Å². The fourth-order valence-electron chi connectivity index (χ4n) is 2.90. The first-order valence-electron chi connectivity index (χ1n) is 7.01. The van der Waals surface area contributed by atoms with Gasteiger partial charge < -0.3 is 10.2 Å². The molecular formula is C19H18O2. The molecule has 3 aromatic rings. The molecule has 3 rings (SSSR count). The Bertz CT molecular complexity index is 848. The summed E-state index contributed by atoms with van der Waals surface area (Å²) in [5, 5.41) is 22.2. The lowest BCUT2D eigenvalue weighted by molar-refractivity contribution is 0.476. The number of hydrogen-bond donors (Lipinski definition) is 2. The van der Waals surface area contributed by atoms with E-state index >= 15 is 0 Å². The number of benzene rings is 3. The maximum absolute atomic E-state index is 10.4. The van der Waals surface area contributed by atoms with Crippen LogP contribution in [0.3, 0.4) is 0 Å². The minimum atomic E-state index is 0.260. The van der Waals surface area contributed by atoms with Gasteiger partial charge in [-0.1, -0.05) is 24.3 Å². The van der Waals surface area contributed by atoms with Crippen LogP contribution < -0.4 is 0 Å². The lowest BCUT2D eigenvalue weighted by Gasteiger charge is -2.16. The van der Waals surface area contributed by atoms with Crippen molar-refractivity contribution in [2.24, 2.45) is 0 Å². The predicted molar refractivity (Wildman–Crippen MR) is 86.9 cm³/mol. The summed E-state index contributed by atoms with van der Waals surface area (Å²) in [6.07, 6.45) is 0. The average molecular weight is 278 g/mol. The zero-order chi connectivity index (χ0) is 15.1. The van der Waals surface area contributed by atoms with Crippen LogP contribution in [0.4, 0.5) is 0 Å². The van der Waals surface area contributed by atoms with E-state index in [9.17, 15) is 10.2 Å². The van der Waals surface area contributed by atoms with Crippen molar-refractivity contribution in [3.8, 4) is 22.6 Å². The molecular weight excluding hydrogens is 260 g/mol. The maximum Gasteiger partial charge on any atom is 0.123 e. The molecule has 106 valence electrons. The first kappa shape index (κ1) is 13.5. The molecule has 0 aliphatic rings. The summed E-state index contributed by atoms with van der Waals surface area (Å²) in [5.41, 5.74) is 5.12. The van der Waals surface area contributed by atoms with Gasteiger partial charge in [0.15, 0.2) is 0 Å².